The number of hydrazine groups is 2. The molecular weight excluding hydrogens is 1460 g/mol. The molecule has 0 amide bonds. The Morgan fingerprint density at radius 2 is 0.713 bits per heavy atom. The fourth-order valence-corrected chi connectivity index (χ4v) is 10.5. The summed E-state index contributed by atoms with van der Waals surface area (Å²) in [6, 6.07) is 11.7. The predicted octanol–water partition coefficient (Wildman–Crippen LogP) is -27.4. The van der Waals surface area contributed by atoms with Crippen molar-refractivity contribution in [1.29, 1.82) is 10.5 Å². The van der Waals surface area contributed by atoms with Gasteiger partial charge in [-0.15, -0.1) is 0 Å². The molecule has 0 aliphatic carbocycles. The molecule has 6 N–H and O–H groups in total. The van der Waals surface area contributed by atoms with Crippen molar-refractivity contribution >= 4 is 143 Å². The van der Waals surface area contributed by atoms with Crippen LogP contribution in [0.15, 0.2) is 102 Å². The van der Waals surface area contributed by atoms with Crippen LogP contribution >= 0.6 is 0 Å². The predicted molar refractivity (Wildman–Crippen MR) is 276 cm³/mol. The van der Waals surface area contributed by atoms with Gasteiger partial charge in [0.1, 0.15) is 60.7 Å². The van der Waals surface area contributed by atoms with E-state index < -0.39 is 186 Å². The van der Waals surface area contributed by atoms with Gasteiger partial charge >= 0.3 is 236 Å². The number of carbonyl (C=O) groups is 2. The topological polar surface area (TPSA) is 627 Å². The van der Waals surface area contributed by atoms with Gasteiger partial charge in [-0.1, -0.05) is 24.3 Å². The van der Waals surface area contributed by atoms with E-state index in [2.05, 4.69) is 62.0 Å². The molecule has 0 spiro atoms. The maximum Gasteiger partial charge on any atom is 1.00 e. The Morgan fingerprint density at radius 3 is 0.979 bits per heavy atom. The first-order valence-corrected chi connectivity index (χ1v) is 31.1. The van der Waals surface area contributed by atoms with E-state index in [1.54, 1.807) is 12.1 Å². The summed E-state index contributed by atoms with van der Waals surface area (Å²) in [6.07, 6.45) is 0.986. The summed E-state index contributed by atoms with van der Waals surface area (Å²) < 4.78 is 221. The molecule has 52 heteroatoms. The summed E-state index contributed by atoms with van der Waals surface area (Å²) >= 11 is 0. The first kappa shape index (κ1) is 96.9. The van der Waals surface area contributed by atoms with Gasteiger partial charge in [-0.05, 0) is 71.8 Å². The molecule has 38 nitrogen and oxygen atoms in total. The Morgan fingerprint density at radius 1 is 0.415 bits per heavy atom. The van der Waals surface area contributed by atoms with Crippen molar-refractivity contribution in [2.75, 3.05) is 57.5 Å². The van der Waals surface area contributed by atoms with Gasteiger partial charge in [0.2, 0.25) is 35.7 Å². The van der Waals surface area contributed by atoms with Crippen molar-refractivity contribution in [2.24, 2.45) is 0 Å². The standard InChI is InChI=1S/C42H40N16O22S6.8Na/c43-13-1-15-57(45-21-35(59)60)41-53-37(51-39(55-41)49-29-19-27(81(63,64)65)9-11-31(29)83(69,70)71)47-25-7-5-23(33(17-25)85(75,76)77)3-4-24-6-8-26(18-34(24)86(78,79)80)48-38-52-40(56-42(54-38)58(16-2-14-44)46-22-36(61)62)50-30-20-28(82(66,67)68)10-12-32(30)84(72,73)74;;;;;;;;/h3-12,17-20,45-46H,1-2,15-16,21-22H2,(H,59,60)(H,61,62)(H,63,64,65)(H,66,67,68)(H,69,70,71)(H,72,73,74)(H,75,76,77)(H,78,79,80)(H2,47,49,51,53,55)(H2,48,50,52,54,56);;;;;;;;/q;8*+1/p-8. The van der Waals surface area contributed by atoms with E-state index in [-0.39, 0.29) is 261 Å². The minimum Gasteiger partial charge on any atom is -0.744 e. The van der Waals surface area contributed by atoms with Gasteiger partial charge in [0.05, 0.1) is 104 Å². The van der Waals surface area contributed by atoms with Gasteiger partial charge in [-0.25, -0.2) is 61.4 Å². The van der Waals surface area contributed by atoms with E-state index in [1.165, 1.54) is 0 Å². The Kier molecular flexibility index (Phi) is 42.9. The number of anilines is 10. The fraction of sp³-hybridized carbons (Fsp3) is 0.143. The monoisotopic (exact) mass is 1490 g/mol. The molecule has 0 saturated heterocycles. The van der Waals surface area contributed by atoms with Crippen LogP contribution in [0.3, 0.4) is 0 Å². The van der Waals surface area contributed by atoms with E-state index in [1.807, 2.05) is 0 Å². The van der Waals surface area contributed by atoms with E-state index in [0.717, 1.165) is 46.4 Å². The van der Waals surface area contributed by atoms with Crippen LogP contribution in [0.25, 0.3) is 12.2 Å². The quantitative estimate of drug-likeness (QED) is 0.0115. The molecule has 4 aromatic carbocycles. The third kappa shape index (κ3) is 29.4. The summed E-state index contributed by atoms with van der Waals surface area (Å²) in [7, 11) is -32.7. The molecule has 6 aromatic rings. The summed E-state index contributed by atoms with van der Waals surface area (Å²) in [6.45, 7) is -2.74. The average molecular weight is 1490 g/mol. The molecule has 0 aliphatic rings. The average Bonchev–Trinajstić information content (AvgIpc) is 1.21. The van der Waals surface area contributed by atoms with E-state index in [0.29, 0.717) is 48.5 Å². The number of carboxylic acid groups (broad SMARTS) is 2. The number of hydrogen-bond acceptors (Lipinski definition) is 38. The number of carboxylic acids is 2. The zero-order valence-corrected chi connectivity index (χ0v) is 71.1. The first-order valence-electron chi connectivity index (χ1n) is 22.7. The Balaban J connectivity index is -0.0000104. The van der Waals surface area contributed by atoms with Crippen LogP contribution in [-0.4, -0.2) is 146 Å². The Labute approximate surface area is 712 Å². The molecule has 0 bridgehead atoms. The van der Waals surface area contributed by atoms with Crippen LogP contribution in [0.1, 0.15) is 24.0 Å². The van der Waals surface area contributed by atoms with Crippen molar-refractivity contribution in [3.8, 4) is 12.1 Å². The number of hydrogen-bond donors (Lipinski definition) is 6. The van der Waals surface area contributed by atoms with Gasteiger partial charge in [0.25, 0.3) is 0 Å². The zero-order chi connectivity index (χ0) is 63.7. The molecule has 0 aliphatic heterocycles. The van der Waals surface area contributed by atoms with Gasteiger partial charge in [-0.3, -0.25) is 10.0 Å². The number of aliphatic carboxylic acids is 2. The molecule has 0 atom stereocenters. The summed E-state index contributed by atoms with van der Waals surface area (Å²) in [5, 5.41) is 52.4. The number of benzene rings is 4. The number of rotatable bonds is 28. The molecule has 456 valence electrons. The largest absolute Gasteiger partial charge is 1.00 e. The fourth-order valence-electron chi connectivity index (χ4n) is 6.91. The van der Waals surface area contributed by atoms with E-state index >= 15 is 0 Å². The number of nitriles is 2. The molecule has 6 rings (SSSR count). The van der Waals surface area contributed by atoms with Gasteiger partial charge in [-0.2, -0.15) is 40.4 Å². The molecule has 94 heavy (non-hydrogen) atoms. The maximum atomic E-state index is 12.8. The number of nitrogens with one attached hydrogen (secondary N) is 6. The number of aromatic nitrogens is 6. The summed E-state index contributed by atoms with van der Waals surface area (Å²) in [5.74, 6) is -7.65. The van der Waals surface area contributed by atoms with E-state index in [9.17, 15) is 108 Å². The van der Waals surface area contributed by atoms with Crippen molar-refractivity contribution < 1.29 is 334 Å². The van der Waals surface area contributed by atoms with Gasteiger partial charge < -0.3 is 68.4 Å². The second kappa shape index (κ2) is 41.6. The molecule has 0 fully saturated rings. The Bertz CT molecular complexity index is 4270. The minimum atomic E-state index is -5.56. The molecular formula is C42H32N16Na8O22S6. The van der Waals surface area contributed by atoms with Crippen LogP contribution < -0.4 is 289 Å². The second-order valence-electron chi connectivity index (χ2n) is 16.5. The van der Waals surface area contributed by atoms with Crippen molar-refractivity contribution in [3.05, 3.63) is 83.9 Å². The molecule has 2 heterocycles. The maximum absolute atomic E-state index is 12.8. The minimum absolute atomic E-state index is 0. The Hall–Kier alpha value is -1.26. The van der Waals surface area contributed by atoms with E-state index in [4.69, 9.17) is 0 Å². The molecule has 0 radical (unpaired) electrons. The smallest absolute Gasteiger partial charge is 0.744 e. The SMILES string of the molecule is N#CCCN(NCC(=O)[O-])c1nc(Nc2ccc(C=Cc3ccc(Nc4nc(Nc5cc(S(=O)(=O)[O-])ccc5S(=O)(=O)[O-])nc(N(CCC#N)NCC(=O)[O-])n4)cc3S(=O)(=O)[O-])c(S(=O)(=O)[O-])c2)nc(Nc2cc(S(=O)(=O)[O-])ccc2S(=O)(=O)[O-])n1.[Na+].[Na+].[Na+].[Na+].[Na+].[Na+].[Na+].[Na+]. The second-order valence-corrected chi connectivity index (χ2v) is 24.6. The van der Waals surface area contributed by atoms with Crippen LogP contribution in [0.5, 0.6) is 0 Å². The number of nitrogens with zero attached hydrogens (tertiary/aromatic N) is 10. The number of carbonyl (C=O) groups excluding carboxylic acids is 2. The normalized spacial score (nSPS) is 11.1. The third-order valence-electron chi connectivity index (χ3n) is 10.5. The molecule has 0 unspecified atom stereocenters. The first-order chi connectivity index (χ1) is 39.9. The van der Waals surface area contributed by atoms with Crippen LogP contribution in [-0.2, 0) is 70.3 Å². The zero-order valence-electron chi connectivity index (χ0n) is 50.2. The van der Waals surface area contributed by atoms with Crippen LogP contribution in [0, 0.1) is 22.7 Å². The molecule has 0 saturated carbocycles. The van der Waals surface area contributed by atoms with Gasteiger partial charge in [0, 0.05) is 11.4 Å². The molecule has 2 aromatic heterocycles. The van der Waals surface area contributed by atoms with Gasteiger partial charge in [0.15, 0.2) is 0 Å². The van der Waals surface area contributed by atoms with Crippen molar-refractivity contribution in [2.45, 2.75) is 42.2 Å². The van der Waals surface area contributed by atoms with Crippen molar-refractivity contribution in [3.63, 3.8) is 0 Å². The summed E-state index contributed by atoms with van der Waals surface area (Å²) in [4.78, 5) is 40.2. The third-order valence-corrected chi connectivity index (χ3v) is 15.7. The van der Waals surface area contributed by atoms with Crippen molar-refractivity contribution in [1.82, 2.24) is 40.8 Å². The summed E-state index contributed by atoms with van der Waals surface area (Å²) in [5.41, 5.74) is 1.09. The van der Waals surface area contributed by atoms with Crippen LogP contribution in [0.4, 0.5) is 58.4 Å². The van der Waals surface area contributed by atoms with Crippen LogP contribution in [0.2, 0.25) is 0 Å².